The van der Waals surface area contributed by atoms with Crippen molar-refractivity contribution in [1.29, 1.82) is 0 Å². The van der Waals surface area contributed by atoms with Gasteiger partial charge < -0.3 is 19.5 Å². The molecule has 1 N–H and O–H groups in total. The Morgan fingerprint density at radius 2 is 1.67 bits per heavy atom. The molecule has 0 aromatic heterocycles. The second-order valence-corrected chi connectivity index (χ2v) is 7.68. The number of benzene rings is 3. The van der Waals surface area contributed by atoms with E-state index in [-0.39, 0.29) is 12.7 Å². The molecule has 1 heterocycles. The Labute approximate surface area is 175 Å². The summed E-state index contributed by atoms with van der Waals surface area (Å²) in [5.41, 5.74) is 3.39. The minimum atomic E-state index is -0.705. The van der Waals surface area contributed by atoms with E-state index in [0.29, 0.717) is 25.2 Å². The zero-order valence-corrected chi connectivity index (χ0v) is 16.8. The van der Waals surface area contributed by atoms with Crippen molar-refractivity contribution in [3.63, 3.8) is 0 Å². The molecule has 1 amide bonds. The molecule has 0 bridgehead atoms. The summed E-state index contributed by atoms with van der Waals surface area (Å²) in [5.74, 6) is 2.17. The van der Waals surface area contributed by atoms with E-state index in [0.717, 1.165) is 22.7 Å². The minimum absolute atomic E-state index is 0.0262. The van der Waals surface area contributed by atoms with Crippen molar-refractivity contribution in [2.75, 3.05) is 18.7 Å². The molecule has 5 heteroatoms. The summed E-state index contributed by atoms with van der Waals surface area (Å²) in [7, 11) is 0. The molecule has 152 valence electrons. The molecule has 3 aromatic carbocycles. The van der Waals surface area contributed by atoms with Gasteiger partial charge in [0.2, 0.25) is 12.7 Å². The number of hydrogen-bond acceptors (Lipinski definition) is 4. The number of fused-ring (bicyclic) bond motifs is 2. The number of carbonyl (C=O) groups excluding carboxylic acids is 1. The number of amides is 1. The largest absolute Gasteiger partial charge is 0.494 e. The van der Waals surface area contributed by atoms with Crippen LogP contribution in [0.2, 0.25) is 0 Å². The van der Waals surface area contributed by atoms with Crippen molar-refractivity contribution in [2.24, 2.45) is 0 Å². The van der Waals surface area contributed by atoms with Gasteiger partial charge in [0.05, 0.1) is 12.0 Å². The van der Waals surface area contributed by atoms with Crippen molar-refractivity contribution in [3.8, 4) is 17.2 Å². The Hall–Kier alpha value is -3.47. The average Bonchev–Trinajstić information content (AvgIpc) is 3.40. The van der Waals surface area contributed by atoms with Gasteiger partial charge in [-0.15, -0.1) is 0 Å². The van der Waals surface area contributed by atoms with Gasteiger partial charge in [-0.1, -0.05) is 30.3 Å². The first-order valence-corrected chi connectivity index (χ1v) is 10.2. The standard InChI is InChI=1S/C25H23NO4/c1-2-28-21-10-8-20(9-11-21)26-24(27)25(14-17-5-3-4-6-18(17)15-25)19-7-12-22-23(13-19)30-16-29-22/h3-13H,2,14-16H2,1H3,(H,26,27). The third kappa shape index (κ3) is 3.16. The topological polar surface area (TPSA) is 56.8 Å². The van der Waals surface area contributed by atoms with Gasteiger partial charge in [-0.3, -0.25) is 4.79 Å². The summed E-state index contributed by atoms with van der Waals surface area (Å²) < 4.78 is 16.6. The Balaban J connectivity index is 1.50. The lowest BCUT2D eigenvalue weighted by Crippen LogP contribution is -2.41. The molecule has 2 aliphatic rings. The molecule has 30 heavy (non-hydrogen) atoms. The van der Waals surface area contributed by atoms with Crippen LogP contribution >= 0.6 is 0 Å². The number of carbonyl (C=O) groups is 1. The summed E-state index contributed by atoms with van der Waals surface area (Å²) in [6.07, 6.45) is 1.29. The van der Waals surface area contributed by atoms with Gasteiger partial charge in [0, 0.05) is 5.69 Å². The van der Waals surface area contributed by atoms with E-state index in [2.05, 4.69) is 17.4 Å². The lowest BCUT2D eigenvalue weighted by molar-refractivity contribution is -0.121. The van der Waals surface area contributed by atoms with E-state index >= 15 is 0 Å². The summed E-state index contributed by atoms with van der Waals surface area (Å²) in [4.78, 5) is 13.7. The molecule has 3 aromatic rings. The van der Waals surface area contributed by atoms with E-state index in [1.165, 1.54) is 11.1 Å². The molecule has 1 aliphatic heterocycles. The van der Waals surface area contributed by atoms with Crippen LogP contribution in [0.1, 0.15) is 23.6 Å². The molecule has 0 saturated carbocycles. The van der Waals surface area contributed by atoms with Crippen molar-refractivity contribution in [3.05, 3.63) is 83.4 Å². The highest BCUT2D eigenvalue weighted by atomic mass is 16.7. The van der Waals surface area contributed by atoms with E-state index in [9.17, 15) is 4.79 Å². The van der Waals surface area contributed by atoms with Crippen molar-refractivity contribution in [1.82, 2.24) is 0 Å². The Bertz CT molecular complexity index is 1070. The lowest BCUT2D eigenvalue weighted by atomic mass is 9.76. The predicted octanol–water partition coefficient (Wildman–Crippen LogP) is 4.49. The van der Waals surface area contributed by atoms with Crippen LogP contribution in [0.3, 0.4) is 0 Å². The van der Waals surface area contributed by atoms with Crippen LogP contribution in [0.4, 0.5) is 5.69 Å². The fraction of sp³-hybridized carbons (Fsp3) is 0.240. The highest BCUT2D eigenvalue weighted by molar-refractivity contribution is 6.00. The Kier molecular flexibility index (Phi) is 4.58. The van der Waals surface area contributed by atoms with Gasteiger partial charge in [-0.05, 0) is 72.9 Å². The van der Waals surface area contributed by atoms with Crippen molar-refractivity contribution < 1.29 is 19.0 Å². The first-order chi connectivity index (χ1) is 14.7. The number of nitrogens with one attached hydrogen (secondary N) is 1. The fourth-order valence-electron chi connectivity index (χ4n) is 4.36. The van der Waals surface area contributed by atoms with E-state index in [4.69, 9.17) is 14.2 Å². The van der Waals surface area contributed by atoms with Crippen LogP contribution < -0.4 is 19.5 Å². The SMILES string of the molecule is CCOc1ccc(NC(=O)C2(c3ccc4c(c3)OCO4)Cc3ccccc3C2)cc1. The Morgan fingerprint density at radius 1 is 0.967 bits per heavy atom. The highest BCUT2D eigenvalue weighted by Gasteiger charge is 2.45. The van der Waals surface area contributed by atoms with E-state index in [1.807, 2.05) is 61.5 Å². The van der Waals surface area contributed by atoms with Crippen molar-refractivity contribution in [2.45, 2.75) is 25.2 Å². The summed E-state index contributed by atoms with van der Waals surface area (Å²) in [6.45, 7) is 2.77. The normalized spacial score (nSPS) is 15.5. The highest BCUT2D eigenvalue weighted by Crippen LogP contribution is 2.44. The molecule has 5 nitrogen and oxygen atoms in total. The van der Waals surface area contributed by atoms with Gasteiger partial charge in [0.15, 0.2) is 11.5 Å². The van der Waals surface area contributed by atoms with Crippen LogP contribution in [-0.4, -0.2) is 19.3 Å². The third-order valence-electron chi connectivity index (χ3n) is 5.89. The molecule has 1 aliphatic carbocycles. The molecule has 0 spiro atoms. The predicted molar refractivity (Wildman–Crippen MR) is 114 cm³/mol. The van der Waals surface area contributed by atoms with Crippen LogP contribution in [0.25, 0.3) is 0 Å². The molecule has 0 saturated heterocycles. The van der Waals surface area contributed by atoms with Gasteiger partial charge in [0.25, 0.3) is 0 Å². The Morgan fingerprint density at radius 3 is 2.37 bits per heavy atom. The second kappa shape index (κ2) is 7.41. The van der Waals surface area contributed by atoms with Crippen LogP contribution in [0, 0.1) is 0 Å². The maximum absolute atomic E-state index is 13.7. The van der Waals surface area contributed by atoms with Gasteiger partial charge >= 0.3 is 0 Å². The maximum atomic E-state index is 13.7. The van der Waals surface area contributed by atoms with Crippen molar-refractivity contribution >= 4 is 11.6 Å². The molecular formula is C25H23NO4. The van der Waals surface area contributed by atoms with Gasteiger partial charge in [-0.25, -0.2) is 0 Å². The molecule has 0 unspecified atom stereocenters. The smallest absolute Gasteiger partial charge is 0.235 e. The van der Waals surface area contributed by atoms with Gasteiger partial charge in [0.1, 0.15) is 5.75 Å². The average molecular weight is 401 g/mol. The number of rotatable bonds is 5. The minimum Gasteiger partial charge on any atom is -0.494 e. The molecule has 0 radical (unpaired) electrons. The van der Waals surface area contributed by atoms with E-state index in [1.54, 1.807) is 0 Å². The number of anilines is 1. The summed E-state index contributed by atoms with van der Waals surface area (Å²) in [5, 5.41) is 3.13. The zero-order chi connectivity index (χ0) is 20.6. The van der Waals surface area contributed by atoms with E-state index < -0.39 is 5.41 Å². The fourth-order valence-corrected chi connectivity index (χ4v) is 4.36. The molecular weight excluding hydrogens is 378 g/mol. The summed E-state index contributed by atoms with van der Waals surface area (Å²) >= 11 is 0. The number of ether oxygens (including phenoxy) is 3. The summed E-state index contributed by atoms with van der Waals surface area (Å²) in [6, 6.07) is 21.6. The first kappa shape index (κ1) is 18.6. The molecule has 0 atom stereocenters. The third-order valence-corrected chi connectivity index (χ3v) is 5.89. The molecule has 0 fully saturated rings. The molecule has 5 rings (SSSR count). The quantitative estimate of drug-likeness (QED) is 0.684. The van der Waals surface area contributed by atoms with Crippen LogP contribution in [-0.2, 0) is 23.1 Å². The second-order valence-electron chi connectivity index (χ2n) is 7.68. The zero-order valence-electron chi connectivity index (χ0n) is 16.8. The maximum Gasteiger partial charge on any atom is 0.235 e. The number of hydrogen-bond donors (Lipinski definition) is 1. The first-order valence-electron chi connectivity index (χ1n) is 10.2. The van der Waals surface area contributed by atoms with Gasteiger partial charge in [-0.2, -0.15) is 0 Å². The monoisotopic (exact) mass is 401 g/mol. The van der Waals surface area contributed by atoms with Crippen LogP contribution in [0.15, 0.2) is 66.7 Å². The lowest BCUT2D eigenvalue weighted by Gasteiger charge is -2.29. The van der Waals surface area contributed by atoms with Crippen LogP contribution in [0.5, 0.6) is 17.2 Å².